The molecule has 0 aromatic heterocycles. The molecule has 0 bridgehead atoms. The highest BCUT2D eigenvalue weighted by atomic mass is 16.6. The van der Waals surface area contributed by atoms with Crippen LogP contribution in [0.3, 0.4) is 0 Å². The Hall–Kier alpha value is -2.83. The van der Waals surface area contributed by atoms with Crippen molar-refractivity contribution in [3.05, 3.63) is 36.4 Å². The van der Waals surface area contributed by atoms with Crippen LogP contribution < -0.4 is 14.8 Å². The standard InChI is InChI=1S/C16H19NO6/c1-4-7-17-16(20)11(2)23-15(19)10-22-13-6-5-12(9-18)8-14(13)21-3/h4-6,8-9,11H,1,7,10H2,2-3H3,(H,17,20)/t11-/m0/s1. The normalized spacial score (nSPS) is 11.0. The fourth-order valence-corrected chi connectivity index (χ4v) is 1.61. The van der Waals surface area contributed by atoms with Gasteiger partial charge in [-0.3, -0.25) is 9.59 Å². The van der Waals surface area contributed by atoms with Gasteiger partial charge in [0.05, 0.1) is 7.11 Å². The van der Waals surface area contributed by atoms with Crippen LogP contribution in [0.5, 0.6) is 11.5 Å². The van der Waals surface area contributed by atoms with E-state index >= 15 is 0 Å². The van der Waals surface area contributed by atoms with Crippen LogP contribution in [0.15, 0.2) is 30.9 Å². The lowest BCUT2D eigenvalue weighted by Crippen LogP contribution is -2.36. The number of methoxy groups -OCH3 is 1. The maximum absolute atomic E-state index is 11.7. The first-order valence-corrected chi connectivity index (χ1v) is 6.86. The first kappa shape index (κ1) is 18.2. The van der Waals surface area contributed by atoms with Crippen LogP contribution in [-0.4, -0.2) is 44.5 Å². The highest BCUT2D eigenvalue weighted by Gasteiger charge is 2.18. The average Bonchev–Trinajstić information content (AvgIpc) is 2.57. The van der Waals surface area contributed by atoms with E-state index in [0.717, 1.165) is 0 Å². The van der Waals surface area contributed by atoms with Crippen molar-refractivity contribution in [2.24, 2.45) is 0 Å². The maximum Gasteiger partial charge on any atom is 0.344 e. The molecule has 0 radical (unpaired) electrons. The van der Waals surface area contributed by atoms with Gasteiger partial charge in [0, 0.05) is 12.1 Å². The fourth-order valence-electron chi connectivity index (χ4n) is 1.61. The number of ether oxygens (including phenoxy) is 3. The van der Waals surface area contributed by atoms with E-state index in [9.17, 15) is 14.4 Å². The summed E-state index contributed by atoms with van der Waals surface area (Å²) in [5.74, 6) is -0.517. The third-order valence-corrected chi connectivity index (χ3v) is 2.77. The molecule has 1 atom stereocenters. The van der Waals surface area contributed by atoms with Crippen molar-refractivity contribution >= 4 is 18.2 Å². The molecule has 1 N–H and O–H groups in total. The summed E-state index contributed by atoms with van der Waals surface area (Å²) in [6.07, 6.45) is 1.25. The topological polar surface area (TPSA) is 90.9 Å². The Labute approximate surface area is 134 Å². The molecule has 0 unspecified atom stereocenters. The van der Waals surface area contributed by atoms with Gasteiger partial charge in [0.1, 0.15) is 6.29 Å². The van der Waals surface area contributed by atoms with Crippen molar-refractivity contribution in [1.29, 1.82) is 0 Å². The molecule has 1 aromatic rings. The minimum absolute atomic E-state index is 0.289. The van der Waals surface area contributed by atoms with Gasteiger partial charge < -0.3 is 19.5 Å². The molecule has 1 amide bonds. The van der Waals surface area contributed by atoms with Gasteiger partial charge in [0.15, 0.2) is 24.2 Å². The van der Waals surface area contributed by atoms with Gasteiger partial charge in [0.2, 0.25) is 0 Å². The summed E-state index contributed by atoms with van der Waals surface area (Å²) < 4.78 is 15.3. The number of benzene rings is 1. The maximum atomic E-state index is 11.7. The largest absolute Gasteiger partial charge is 0.493 e. The highest BCUT2D eigenvalue weighted by molar-refractivity contribution is 5.83. The van der Waals surface area contributed by atoms with Crippen LogP contribution in [0.4, 0.5) is 0 Å². The minimum Gasteiger partial charge on any atom is -0.493 e. The van der Waals surface area contributed by atoms with E-state index in [-0.39, 0.29) is 6.54 Å². The number of nitrogens with one attached hydrogen (secondary N) is 1. The van der Waals surface area contributed by atoms with Crippen LogP contribution >= 0.6 is 0 Å². The van der Waals surface area contributed by atoms with E-state index in [1.165, 1.54) is 38.3 Å². The van der Waals surface area contributed by atoms with Crippen molar-refractivity contribution in [2.75, 3.05) is 20.3 Å². The van der Waals surface area contributed by atoms with Crippen LogP contribution in [0.25, 0.3) is 0 Å². The second-order valence-corrected chi connectivity index (χ2v) is 4.48. The molecular weight excluding hydrogens is 302 g/mol. The lowest BCUT2D eigenvalue weighted by molar-refractivity contribution is -0.156. The highest BCUT2D eigenvalue weighted by Crippen LogP contribution is 2.27. The molecule has 7 heteroatoms. The van der Waals surface area contributed by atoms with E-state index in [0.29, 0.717) is 23.3 Å². The zero-order chi connectivity index (χ0) is 17.2. The first-order chi connectivity index (χ1) is 11.0. The lowest BCUT2D eigenvalue weighted by Gasteiger charge is -2.14. The molecule has 0 aliphatic heterocycles. The first-order valence-electron chi connectivity index (χ1n) is 6.86. The van der Waals surface area contributed by atoms with Crippen molar-refractivity contribution < 1.29 is 28.6 Å². The van der Waals surface area contributed by atoms with Gasteiger partial charge in [-0.2, -0.15) is 0 Å². The number of aldehydes is 1. The molecule has 0 aliphatic rings. The van der Waals surface area contributed by atoms with Crippen LogP contribution in [-0.2, 0) is 14.3 Å². The molecular formula is C16H19NO6. The van der Waals surface area contributed by atoms with Crippen molar-refractivity contribution in [3.8, 4) is 11.5 Å². The fraction of sp³-hybridized carbons (Fsp3) is 0.312. The Balaban J connectivity index is 2.54. The quantitative estimate of drug-likeness (QED) is 0.416. The number of hydrogen-bond donors (Lipinski definition) is 1. The Kier molecular flexibility index (Phi) is 7.32. The van der Waals surface area contributed by atoms with E-state index < -0.39 is 24.6 Å². The third-order valence-electron chi connectivity index (χ3n) is 2.77. The third kappa shape index (κ3) is 5.82. The molecule has 0 spiro atoms. The average molecular weight is 321 g/mol. The summed E-state index contributed by atoms with van der Waals surface area (Å²) in [7, 11) is 1.42. The predicted molar refractivity (Wildman–Crippen MR) is 82.6 cm³/mol. The van der Waals surface area contributed by atoms with Crippen LogP contribution in [0.1, 0.15) is 17.3 Å². The Morgan fingerprint density at radius 3 is 2.70 bits per heavy atom. The van der Waals surface area contributed by atoms with Gasteiger partial charge in [0.25, 0.3) is 5.91 Å². The zero-order valence-corrected chi connectivity index (χ0v) is 13.0. The molecule has 0 heterocycles. The summed E-state index contributed by atoms with van der Waals surface area (Å²) in [4.78, 5) is 33.9. The Bertz CT molecular complexity index is 584. The Morgan fingerprint density at radius 1 is 1.35 bits per heavy atom. The summed E-state index contributed by atoms with van der Waals surface area (Å²) in [5, 5.41) is 2.51. The molecule has 0 saturated carbocycles. The van der Waals surface area contributed by atoms with Gasteiger partial charge in [-0.25, -0.2) is 4.79 Å². The van der Waals surface area contributed by atoms with Crippen molar-refractivity contribution in [1.82, 2.24) is 5.32 Å². The van der Waals surface area contributed by atoms with E-state index in [4.69, 9.17) is 14.2 Å². The second-order valence-electron chi connectivity index (χ2n) is 4.48. The summed E-state index contributed by atoms with van der Waals surface area (Å²) >= 11 is 0. The van der Waals surface area contributed by atoms with Crippen molar-refractivity contribution in [3.63, 3.8) is 0 Å². The number of carbonyl (C=O) groups is 3. The molecule has 7 nitrogen and oxygen atoms in total. The SMILES string of the molecule is C=CCNC(=O)[C@H](C)OC(=O)COc1ccc(C=O)cc1OC. The van der Waals surface area contributed by atoms with Crippen molar-refractivity contribution in [2.45, 2.75) is 13.0 Å². The summed E-state index contributed by atoms with van der Waals surface area (Å²) in [5.41, 5.74) is 0.421. The molecule has 23 heavy (non-hydrogen) atoms. The minimum atomic E-state index is -0.939. The molecule has 1 aromatic carbocycles. The van der Waals surface area contributed by atoms with Gasteiger partial charge >= 0.3 is 5.97 Å². The molecule has 124 valence electrons. The Morgan fingerprint density at radius 2 is 2.09 bits per heavy atom. The monoisotopic (exact) mass is 321 g/mol. The number of amides is 1. The molecule has 0 saturated heterocycles. The number of carbonyl (C=O) groups excluding carboxylic acids is 3. The number of rotatable bonds is 9. The predicted octanol–water partition coefficient (Wildman–Crippen LogP) is 1.12. The molecule has 0 fully saturated rings. The molecule has 1 rings (SSSR count). The van der Waals surface area contributed by atoms with E-state index in [1.807, 2.05) is 0 Å². The van der Waals surface area contributed by atoms with Gasteiger partial charge in [-0.1, -0.05) is 6.08 Å². The number of hydrogen-bond acceptors (Lipinski definition) is 6. The zero-order valence-electron chi connectivity index (χ0n) is 13.0. The summed E-state index contributed by atoms with van der Waals surface area (Å²) in [6, 6.07) is 4.52. The van der Waals surface area contributed by atoms with E-state index in [2.05, 4.69) is 11.9 Å². The van der Waals surface area contributed by atoms with Crippen LogP contribution in [0.2, 0.25) is 0 Å². The van der Waals surface area contributed by atoms with Crippen LogP contribution in [0, 0.1) is 0 Å². The lowest BCUT2D eigenvalue weighted by atomic mass is 10.2. The molecule has 0 aliphatic carbocycles. The van der Waals surface area contributed by atoms with Gasteiger partial charge in [-0.05, 0) is 25.1 Å². The smallest absolute Gasteiger partial charge is 0.344 e. The summed E-state index contributed by atoms with van der Waals surface area (Å²) in [6.45, 7) is 4.82. The van der Waals surface area contributed by atoms with Gasteiger partial charge in [-0.15, -0.1) is 6.58 Å². The van der Waals surface area contributed by atoms with E-state index in [1.54, 1.807) is 0 Å². The second kappa shape index (κ2) is 9.24. The number of esters is 1.